The van der Waals surface area contributed by atoms with Crippen LogP contribution in [0.25, 0.3) is 0 Å². The Morgan fingerprint density at radius 3 is 2.94 bits per heavy atom. The lowest BCUT2D eigenvalue weighted by Gasteiger charge is -2.36. The van der Waals surface area contributed by atoms with Crippen LogP contribution in [0.1, 0.15) is 12.5 Å². The Labute approximate surface area is 117 Å². The highest BCUT2D eigenvalue weighted by Gasteiger charge is 2.25. The van der Waals surface area contributed by atoms with Gasteiger partial charge in [-0.15, -0.1) is 11.6 Å². The molecular weight excluding hydrogens is 276 g/mol. The van der Waals surface area contributed by atoms with Crippen molar-refractivity contribution in [2.75, 3.05) is 19.0 Å². The zero-order chi connectivity index (χ0) is 13.1. The molecule has 1 heterocycles. The predicted molar refractivity (Wildman–Crippen MR) is 71.7 cm³/mol. The van der Waals surface area contributed by atoms with Crippen molar-refractivity contribution in [2.24, 2.45) is 0 Å². The van der Waals surface area contributed by atoms with Gasteiger partial charge in [0.05, 0.1) is 17.2 Å². The van der Waals surface area contributed by atoms with E-state index in [1.807, 2.05) is 6.92 Å². The van der Waals surface area contributed by atoms with Crippen LogP contribution in [0.3, 0.4) is 0 Å². The van der Waals surface area contributed by atoms with E-state index >= 15 is 0 Å². The van der Waals surface area contributed by atoms with Crippen molar-refractivity contribution in [3.8, 4) is 0 Å². The zero-order valence-corrected chi connectivity index (χ0v) is 11.7. The second kappa shape index (κ2) is 6.20. The first-order valence-electron chi connectivity index (χ1n) is 5.96. The van der Waals surface area contributed by atoms with Crippen LogP contribution in [0.4, 0.5) is 4.39 Å². The van der Waals surface area contributed by atoms with Crippen molar-refractivity contribution >= 4 is 23.2 Å². The summed E-state index contributed by atoms with van der Waals surface area (Å²) < 4.78 is 19.5. The lowest BCUT2D eigenvalue weighted by atomic mass is 10.1. The molecule has 2 nitrogen and oxygen atoms in total. The fourth-order valence-electron chi connectivity index (χ4n) is 2.27. The number of benzene rings is 1. The molecule has 0 bridgehead atoms. The van der Waals surface area contributed by atoms with Gasteiger partial charge in [0.2, 0.25) is 0 Å². The molecule has 0 N–H and O–H groups in total. The summed E-state index contributed by atoms with van der Waals surface area (Å²) in [4.78, 5) is 2.15. The molecule has 0 radical (unpaired) electrons. The molecule has 1 aromatic carbocycles. The number of alkyl halides is 1. The number of halogens is 3. The molecule has 5 heteroatoms. The molecule has 2 unspecified atom stereocenters. The van der Waals surface area contributed by atoms with Crippen molar-refractivity contribution in [1.29, 1.82) is 0 Å². The Morgan fingerprint density at radius 2 is 2.22 bits per heavy atom. The molecule has 2 rings (SSSR count). The fraction of sp³-hybridized carbons (Fsp3) is 0.538. The second-order valence-electron chi connectivity index (χ2n) is 4.63. The molecule has 18 heavy (non-hydrogen) atoms. The van der Waals surface area contributed by atoms with Gasteiger partial charge in [0.15, 0.2) is 0 Å². The van der Waals surface area contributed by atoms with Crippen LogP contribution in [-0.2, 0) is 11.3 Å². The summed E-state index contributed by atoms with van der Waals surface area (Å²) in [5.74, 6) is 0.125. The van der Waals surface area contributed by atoms with Crippen molar-refractivity contribution in [1.82, 2.24) is 4.90 Å². The smallest absolute Gasteiger partial charge is 0.146 e. The van der Waals surface area contributed by atoms with Gasteiger partial charge in [-0.1, -0.05) is 23.7 Å². The van der Waals surface area contributed by atoms with Gasteiger partial charge < -0.3 is 4.74 Å². The van der Waals surface area contributed by atoms with Gasteiger partial charge in [-0.3, -0.25) is 4.90 Å². The Kier molecular flexibility index (Phi) is 4.84. The minimum atomic E-state index is -0.333. The van der Waals surface area contributed by atoms with Crippen LogP contribution < -0.4 is 0 Å². The third-order valence-corrected chi connectivity index (χ3v) is 3.64. The quantitative estimate of drug-likeness (QED) is 0.793. The molecule has 1 aromatic rings. The zero-order valence-electron chi connectivity index (χ0n) is 10.2. The van der Waals surface area contributed by atoms with Crippen molar-refractivity contribution in [3.05, 3.63) is 34.6 Å². The highest BCUT2D eigenvalue weighted by atomic mass is 35.5. The van der Waals surface area contributed by atoms with E-state index in [1.165, 1.54) is 0 Å². The van der Waals surface area contributed by atoms with E-state index < -0.39 is 0 Å². The van der Waals surface area contributed by atoms with E-state index in [4.69, 9.17) is 27.9 Å². The van der Waals surface area contributed by atoms with Crippen LogP contribution in [0, 0.1) is 5.82 Å². The van der Waals surface area contributed by atoms with Gasteiger partial charge in [0.1, 0.15) is 5.82 Å². The molecule has 2 atom stereocenters. The van der Waals surface area contributed by atoms with Crippen molar-refractivity contribution in [2.45, 2.75) is 25.7 Å². The van der Waals surface area contributed by atoms with Gasteiger partial charge in [-0.05, 0) is 13.0 Å². The van der Waals surface area contributed by atoms with Gasteiger partial charge in [-0.25, -0.2) is 4.39 Å². The molecule has 0 saturated carbocycles. The molecular formula is C13H16Cl2FNO. The summed E-state index contributed by atoms with van der Waals surface area (Å²) in [5.41, 5.74) is 0.616. The number of rotatable bonds is 3. The van der Waals surface area contributed by atoms with E-state index in [1.54, 1.807) is 18.2 Å². The molecule has 0 amide bonds. The highest BCUT2D eigenvalue weighted by molar-refractivity contribution is 6.30. The van der Waals surface area contributed by atoms with Crippen molar-refractivity contribution in [3.63, 3.8) is 0 Å². The van der Waals surface area contributed by atoms with E-state index in [0.29, 0.717) is 18.0 Å². The van der Waals surface area contributed by atoms with Crippen molar-refractivity contribution < 1.29 is 9.13 Å². The van der Waals surface area contributed by atoms with Crippen LogP contribution in [0.2, 0.25) is 5.02 Å². The maximum Gasteiger partial charge on any atom is 0.146 e. The molecule has 0 aliphatic carbocycles. The summed E-state index contributed by atoms with van der Waals surface area (Å²) in [6.07, 6.45) is 0.127. The Balaban J connectivity index is 2.06. The van der Waals surface area contributed by atoms with Gasteiger partial charge in [-0.2, -0.15) is 0 Å². The van der Waals surface area contributed by atoms with E-state index in [2.05, 4.69) is 4.90 Å². The minimum absolute atomic E-state index is 0.0117. The second-order valence-corrected chi connectivity index (χ2v) is 5.35. The van der Waals surface area contributed by atoms with Crippen LogP contribution >= 0.6 is 23.2 Å². The molecule has 1 fully saturated rings. The topological polar surface area (TPSA) is 12.5 Å². The molecule has 1 aliphatic heterocycles. The molecule has 1 aliphatic rings. The number of morpholine rings is 1. The Hall–Kier alpha value is -0.350. The van der Waals surface area contributed by atoms with Crippen LogP contribution in [-0.4, -0.2) is 36.1 Å². The van der Waals surface area contributed by atoms with E-state index in [-0.39, 0.29) is 23.0 Å². The third kappa shape index (κ3) is 3.35. The lowest BCUT2D eigenvalue weighted by Crippen LogP contribution is -2.46. The summed E-state index contributed by atoms with van der Waals surface area (Å²) in [5, 5.41) is 0.169. The minimum Gasteiger partial charge on any atom is -0.371 e. The van der Waals surface area contributed by atoms with E-state index in [0.717, 1.165) is 13.1 Å². The monoisotopic (exact) mass is 291 g/mol. The SMILES string of the molecule is CC1CN(Cc2cccc(Cl)c2F)CC(CCl)O1. The third-order valence-electron chi connectivity index (χ3n) is 3.00. The standard InChI is InChI=1S/C13H16Cl2FNO/c1-9-6-17(8-11(5-14)18-9)7-10-3-2-4-12(15)13(10)16/h2-4,9,11H,5-8H2,1H3. The van der Waals surface area contributed by atoms with Gasteiger partial charge in [0.25, 0.3) is 0 Å². The molecule has 0 spiro atoms. The van der Waals surface area contributed by atoms with Gasteiger partial charge >= 0.3 is 0 Å². The first-order valence-corrected chi connectivity index (χ1v) is 6.88. The van der Waals surface area contributed by atoms with Crippen LogP contribution in [0.5, 0.6) is 0 Å². The summed E-state index contributed by atoms with van der Waals surface area (Å²) in [6.45, 7) is 4.03. The maximum absolute atomic E-state index is 13.8. The average Bonchev–Trinajstić information content (AvgIpc) is 2.34. The predicted octanol–water partition coefficient (Wildman–Crippen LogP) is 3.31. The number of nitrogens with zero attached hydrogens (tertiary/aromatic N) is 1. The first kappa shape index (κ1) is 14.1. The van der Waals surface area contributed by atoms with Gasteiger partial charge in [0, 0.05) is 31.1 Å². The molecule has 100 valence electrons. The average molecular weight is 292 g/mol. The fourth-order valence-corrected chi connectivity index (χ4v) is 2.63. The lowest BCUT2D eigenvalue weighted by molar-refractivity contribution is -0.0691. The Bertz CT molecular complexity index is 416. The summed E-state index contributed by atoms with van der Waals surface area (Å²) >= 11 is 11.6. The number of hydrogen-bond donors (Lipinski definition) is 0. The molecule has 0 aromatic heterocycles. The first-order chi connectivity index (χ1) is 8.60. The maximum atomic E-state index is 13.8. The summed E-state index contributed by atoms with van der Waals surface area (Å²) in [6, 6.07) is 5.09. The number of ether oxygens (including phenoxy) is 1. The summed E-state index contributed by atoms with van der Waals surface area (Å²) in [7, 11) is 0. The largest absolute Gasteiger partial charge is 0.371 e. The van der Waals surface area contributed by atoms with E-state index in [9.17, 15) is 4.39 Å². The normalized spacial score (nSPS) is 25.3. The number of hydrogen-bond acceptors (Lipinski definition) is 2. The van der Waals surface area contributed by atoms with Crippen LogP contribution in [0.15, 0.2) is 18.2 Å². The molecule has 1 saturated heterocycles. The highest BCUT2D eigenvalue weighted by Crippen LogP contribution is 2.21. The Morgan fingerprint density at radius 1 is 1.44 bits per heavy atom.